The third-order valence-corrected chi connectivity index (χ3v) is 5.72. The number of oxazole rings is 1. The first kappa shape index (κ1) is 22.2. The molecule has 2 aliphatic heterocycles. The SMILES string of the molecule is Cc1cccc(/C=N/Nc2nc(N3CCOCC3)c3nc(C(=O)NC4CCOCC4)oc3n2)c1. The Morgan fingerprint density at radius 2 is 1.91 bits per heavy atom. The standard InChI is InChI=1S/C23H27N7O4/c1-15-3-2-4-16(13-15)14-24-29-23-27-19(30-7-11-33-12-8-30)18-21(28-23)34-22(26-18)20(31)25-17-5-9-32-10-6-17/h2-4,13-14,17H,5-12H2,1H3,(H,25,31)(H,27,28,29)/b24-14+. The topological polar surface area (TPSA) is 127 Å². The summed E-state index contributed by atoms with van der Waals surface area (Å²) in [5, 5.41) is 7.24. The van der Waals surface area contributed by atoms with Crippen LogP contribution in [-0.4, -0.2) is 72.6 Å². The van der Waals surface area contributed by atoms with Crippen molar-refractivity contribution in [3.8, 4) is 0 Å². The molecule has 0 atom stereocenters. The van der Waals surface area contributed by atoms with E-state index in [1.807, 2.05) is 36.1 Å². The van der Waals surface area contributed by atoms with Crippen LogP contribution >= 0.6 is 0 Å². The molecule has 1 amide bonds. The fourth-order valence-electron chi connectivity index (χ4n) is 3.95. The van der Waals surface area contributed by atoms with Crippen LogP contribution in [0.5, 0.6) is 0 Å². The van der Waals surface area contributed by atoms with Gasteiger partial charge in [0.2, 0.25) is 5.95 Å². The van der Waals surface area contributed by atoms with Crippen molar-refractivity contribution in [2.75, 3.05) is 49.8 Å². The molecule has 0 unspecified atom stereocenters. The highest BCUT2D eigenvalue weighted by Gasteiger charge is 2.25. The van der Waals surface area contributed by atoms with Gasteiger partial charge in [0.25, 0.3) is 11.6 Å². The summed E-state index contributed by atoms with van der Waals surface area (Å²) in [7, 11) is 0. The predicted octanol–water partition coefficient (Wildman–Crippen LogP) is 2.12. The largest absolute Gasteiger partial charge is 0.413 e. The van der Waals surface area contributed by atoms with Gasteiger partial charge >= 0.3 is 5.91 Å². The molecule has 4 heterocycles. The van der Waals surface area contributed by atoms with Crippen molar-refractivity contribution < 1.29 is 18.7 Å². The van der Waals surface area contributed by atoms with Crippen molar-refractivity contribution in [2.24, 2.45) is 5.10 Å². The van der Waals surface area contributed by atoms with E-state index in [9.17, 15) is 4.79 Å². The molecular weight excluding hydrogens is 438 g/mol. The maximum absolute atomic E-state index is 12.8. The number of aryl methyl sites for hydroxylation is 1. The van der Waals surface area contributed by atoms with E-state index < -0.39 is 0 Å². The van der Waals surface area contributed by atoms with E-state index in [1.165, 1.54) is 0 Å². The second-order valence-electron chi connectivity index (χ2n) is 8.29. The molecule has 11 nitrogen and oxygen atoms in total. The van der Waals surface area contributed by atoms with Gasteiger partial charge in [0.1, 0.15) is 0 Å². The number of ether oxygens (including phenoxy) is 2. The minimum absolute atomic E-state index is 0.0363. The molecule has 2 aliphatic rings. The summed E-state index contributed by atoms with van der Waals surface area (Å²) in [6, 6.07) is 8.01. The quantitative estimate of drug-likeness (QED) is 0.416. The van der Waals surface area contributed by atoms with Crippen LogP contribution in [0.1, 0.15) is 34.7 Å². The maximum atomic E-state index is 12.8. The Morgan fingerprint density at radius 1 is 1.12 bits per heavy atom. The van der Waals surface area contributed by atoms with Gasteiger partial charge in [-0.05, 0) is 25.3 Å². The van der Waals surface area contributed by atoms with Gasteiger partial charge in [0, 0.05) is 32.3 Å². The van der Waals surface area contributed by atoms with Gasteiger partial charge in [0.15, 0.2) is 11.3 Å². The minimum atomic E-state index is -0.371. The second kappa shape index (κ2) is 10.1. The fourth-order valence-corrected chi connectivity index (χ4v) is 3.95. The Morgan fingerprint density at radius 3 is 2.71 bits per heavy atom. The maximum Gasteiger partial charge on any atom is 0.307 e. The molecule has 178 valence electrons. The Hall–Kier alpha value is -3.57. The number of carbonyl (C=O) groups excluding carboxylic acids is 1. The first-order valence-electron chi connectivity index (χ1n) is 11.4. The van der Waals surface area contributed by atoms with Crippen molar-refractivity contribution in [1.82, 2.24) is 20.3 Å². The number of hydrazone groups is 1. The van der Waals surface area contributed by atoms with Crippen molar-refractivity contribution in [3.05, 3.63) is 41.3 Å². The molecule has 0 aliphatic carbocycles. The van der Waals surface area contributed by atoms with E-state index >= 15 is 0 Å². The van der Waals surface area contributed by atoms with Crippen LogP contribution in [0.2, 0.25) is 0 Å². The van der Waals surface area contributed by atoms with E-state index in [4.69, 9.17) is 13.9 Å². The Bertz CT molecular complexity index is 1180. The molecule has 1 aromatic carbocycles. The van der Waals surface area contributed by atoms with Gasteiger partial charge < -0.3 is 24.1 Å². The Kier molecular flexibility index (Phi) is 6.63. The smallest absolute Gasteiger partial charge is 0.307 e. The number of nitrogens with one attached hydrogen (secondary N) is 2. The molecule has 0 spiro atoms. The van der Waals surface area contributed by atoms with Crippen LogP contribution in [0, 0.1) is 6.92 Å². The summed E-state index contributed by atoms with van der Waals surface area (Å²) in [6.07, 6.45) is 3.22. The van der Waals surface area contributed by atoms with Crippen LogP contribution in [-0.2, 0) is 9.47 Å². The molecule has 11 heteroatoms. The molecule has 2 N–H and O–H groups in total. The zero-order valence-electron chi connectivity index (χ0n) is 19.0. The normalized spacial score (nSPS) is 17.4. The molecule has 3 aromatic rings. The lowest BCUT2D eigenvalue weighted by Crippen LogP contribution is -2.39. The van der Waals surface area contributed by atoms with Crippen molar-refractivity contribution in [1.29, 1.82) is 0 Å². The molecule has 2 fully saturated rings. The first-order chi connectivity index (χ1) is 16.7. The van der Waals surface area contributed by atoms with Crippen molar-refractivity contribution >= 4 is 35.1 Å². The number of amides is 1. The van der Waals surface area contributed by atoms with E-state index in [-0.39, 0.29) is 29.5 Å². The van der Waals surface area contributed by atoms with Gasteiger partial charge in [-0.25, -0.2) is 5.43 Å². The molecular formula is C23H27N7O4. The van der Waals surface area contributed by atoms with E-state index in [2.05, 4.69) is 30.8 Å². The van der Waals surface area contributed by atoms with E-state index in [0.29, 0.717) is 50.9 Å². The van der Waals surface area contributed by atoms with Gasteiger partial charge in [-0.2, -0.15) is 20.1 Å². The van der Waals surface area contributed by atoms with Gasteiger partial charge in [0.05, 0.1) is 19.4 Å². The zero-order chi connectivity index (χ0) is 23.3. The van der Waals surface area contributed by atoms with Gasteiger partial charge in [-0.1, -0.05) is 29.8 Å². The van der Waals surface area contributed by atoms with Crippen LogP contribution in [0.15, 0.2) is 33.8 Å². The monoisotopic (exact) mass is 465 g/mol. The van der Waals surface area contributed by atoms with Crippen LogP contribution < -0.4 is 15.6 Å². The lowest BCUT2D eigenvalue weighted by Gasteiger charge is -2.27. The van der Waals surface area contributed by atoms with Crippen molar-refractivity contribution in [3.63, 3.8) is 0 Å². The summed E-state index contributed by atoms with van der Waals surface area (Å²) in [5.74, 6) is 0.427. The van der Waals surface area contributed by atoms with Crippen LogP contribution in [0.4, 0.5) is 11.8 Å². The number of benzene rings is 1. The van der Waals surface area contributed by atoms with E-state index in [0.717, 1.165) is 24.0 Å². The number of aromatic nitrogens is 3. The van der Waals surface area contributed by atoms with E-state index in [1.54, 1.807) is 6.21 Å². The average Bonchev–Trinajstić information content (AvgIpc) is 3.29. The number of anilines is 2. The first-order valence-corrected chi connectivity index (χ1v) is 11.4. The summed E-state index contributed by atoms with van der Waals surface area (Å²) < 4.78 is 16.6. The minimum Gasteiger partial charge on any atom is -0.413 e. The van der Waals surface area contributed by atoms with Crippen LogP contribution in [0.25, 0.3) is 11.2 Å². The fraction of sp³-hybridized carbons (Fsp3) is 0.435. The number of nitrogens with zero attached hydrogens (tertiary/aromatic N) is 5. The molecule has 0 saturated carbocycles. The molecule has 0 radical (unpaired) electrons. The highest BCUT2D eigenvalue weighted by atomic mass is 16.5. The number of rotatable bonds is 6. The molecule has 2 aromatic heterocycles. The summed E-state index contributed by atoms with van der Waals surface area (Å²) in [5.41, 5.74) is 5.63. The number of carbonyl (C=O) groups is 1. The number of hydrogen-bond donors (Lipinski definition) is 2. The second-order valence-corrected chi connectivity index (χ2v) is 8.29. The van der Waals surface area contributed by atoms with Crippen molar-refractivity contribution in [2.45, 2.75) is 25.8 Å². The van der Waals surface area contributed by atoms with Gasteiger partial charge in [-0.15, -0.1) is 0 Å². The highest BCUT2D eigenvalue weighted by molar-refractivity contribution is 5.94. The average molecular weight is 466 g/mol. The number of morpholine rings is 1. The predicted molar refractivity (Wildman–Crippen MR) is 126 cm³/mol. The molecule has 2 saturated heterocycles. The molecule has 0 bridgehead atoms. The lowest BCUT2D eigenvalue weighted by atomic mass is 10.1. The van der Waals surface area contributed by atoms with Gasteiger partial charge in [-0.3, -0.25) is 4.79 Å². The van der Waals surface area contributed by atoms with Crippen LogP contribution in [0.3, 0.4) is 0 Å². The third-order valence-electron chi connectivity index (χ3n) is 5.72. The number of fused-ring (bicyclic) bond motifs is 1. The summed E-state index contributed by atoms with van der Waals surface area (Å²) in [6.45, 7) is 5.73. The number of hydrogen-bond acceptors (Lipinski definition) is 10. The molecule has 34 heavy (non-hydrogen) atoms. The summed E-state index contributed by atoms with van der Waals surface area (Å²) in [4.78, 5) is 28.3. The lowest BCUT2D eigenvalue weighted by molar-refractivity contribution is 0.0681. The molecule has 5 rings (SSSR count). The Balaban J connectivity index is 1.41. The highest BCUT2D eigenvalue weighted by Crippen LogP contribution is 2.26. The Labute approximate surface area is 196 Å². The zero-order valence-corrected chi connectivity index (χ0v) is 19.0. The summed E-state index contributed by atoms with van der Waals surface area (Å²) >= 11 is 0. The third kappa shape index (κ3) is 5.15.